The number of amides is 8. The lowest BCUT2D eigenvalue weighted by Crippen LogP contribution is -2.59. The summed E-state index contributed by atoms with van der Waals surface area (Å²) in [4.78, 5) is 124. The Hall–Kier alpha value is -5.63. The summed E-state index contributed by atoms with van der Waals surface area (Å²) in [7, 11) is 4.05. The van der Waals surface area contributed by atoms with Crippen molar-refractivity contribution >= 4 is 53.2 Å². The van der Waals surface area contributed by atoms with E-state index in [0.717, 1.165) is 10.5 Å². The number of methoxy groups -OCH3 is 1. The zero-order valence-corrected chi connectivity index (χ0v) is 41.8. The summed E-state index contributed by atoms with van der Waals surface area (Å²) < 4.78 is 4.95. The Bertz CT molecular complexity index is 1880. The van der Waals surface area contributed by atoms with Gasteiger partial charge in [0.1, 0.15) is 42.4 Å². The lowest BCUT2D eigenvalue weighted by atomic mass is 9.95. The first kappa shape index (κ1) is 58.5. The van der Waals surface area contributed by atoms with Gasteiger partial charge in [-0.25, -0.2) is 4.79 Å². The number of nitrogens with two attached hydrogens (primary N) is 1. The quantitative estimate of drug-likeness (QED) is 0.0596. The van der Waals surface area contributed by atoms with Crippen LogP contribution in [-0.4, -0.2) is 160 Å². The van der Waals surface area contributed by atoms with Gasteiger partial charge in [-0.1, -0.05) is 78.3 Å². The molecule has 20 heteroatoms. The molecule has 0 bridgehead atoms. The predicted octanol–water partition coefficient (Wildman–Crippen LogP) is 0.542. The molecule has 1 saturated heterocycles. The largest absolute Gasteiger partial charge is 0.467 e. The number of likely N-dealkylation sites (N-methyl/N-ethyl adjacent to an activating group) is 2. The smallest absolute Gasteiger partial charge is 0.328 e. The lowest BCUT2D eigenvalue weighted by molar-refractivity contribution is -0.154. The molecule has 1 aromatic carbocycles. The maximum atomic E-state index is 14.1. The van der Waals surface area contributed by atoms with Crippen LogP contribution in [0.4, 0.5) is 0 Å². The maximum Gasteiger partial charge on any atom is 0.328 e. The summed E-state index contributed by atoms with van der Waals surface area (Å²) in [5.41, 5.74) is 6.20. The van der Waals surface area contributed by atoms with Gasteiger partial charge >= 0.3 is 5.97 Å². The van der Waals surface area contributed by atoms with Crippen molar-refractivity contribution in [2.75, 3.05) is 27.7 Å². The van der Waals surface area contributed by atoms with Crippen molar-refractivity contribution in [1.82, 2.24) is 36.0 Å². The Balaban J connectivity index is 2.30. The summed E-state index contributed by atoms with van der Waals surface area (Å²) in [5.74, 6) is -6.60. The molecule has 1 fully saturated rings. The number of hydrogen-bond acceptors (Lipinski definition) is 12. The van der Waals surface area contributed by atoms with E-state index in [1.807, 2.05) is 52.8 Å². The number of nitrogens with one attached hydrogen (secondary N) is 4. The molecule has 1 aliphatic rings. The number of nitrogens with zero attached hydrogens (tertiary/aromatic N) is 3. The van der Waals surface area contributed by atoms with Crippen molar-refractivity contribution in [1.29, 1.82) is 0 Å². The Morgan fingerprint density at radius 1 is 0.794 bits per heavy atom. The number of hydrogen-bond donors (Lipinski definition) is 7. The van der Waals surface area contributed by atoms with E-state index >= 15 is 0 Å². The molecule has 0 aromatic heterocycles. The Morgan fingerprint density at radius 2 is 1.40 bits per heavy atom. The number of esters is 1. The van der Waals surface area contributed by atoms with Crippen LogP contribution in [0.3, 0.4) is 0 Å². The predicted molar refractivity (Wildman–Crippen MR) is 253 cm³/mol. The first-order valence-electron chi connectivity index (χ1n) is 23.6. The van der Waals surface area contributed by atoms with Crippen molar-refractivity contribution in [2.24, 2.45) is 23.5 Å². The van der Waals surface area contributed by atoms with Crippen LogP contribution < -0.4 is 27.0 Å². The zero-order chi connectivity index (χ0) is 51.6. The highest BCUT2D eigenvalue weighted by molar-refractivity contribution is 5.96. The molecule has 8 amide bonds. The SMILES string of the molecule is CCC(C)C(NC(=O)CC(O)C(CC(C)C)NC(=O)C(CCC(N)=O)N(C)C(=O)C(CC(C)C)NC(=O)C(C)O)C(=O)NC(C)C(=O)N(C)C(Cc1ccccc1)C(=O)N1CCCC1C(=O)OC. The fraction of sp³-hybridized carbons (Fsp3) is 0.688. The Labute approximate surface area is 401 Å². The standard InChI is InChI=1S/C48H78N8O12/c1-12-29(6)41(44(63)50-30(7)45(64)55(10)37(25-32-17-14-13-15-18-32)47(66)56-22-16-19-36(56)48(67)68-11)53-40(60)26-38(58)33(23-27(2)3)51-43(62)35(20-21-39(49)59)54(9)46(65)34(24-28(4)5)52-42(61)31(8)57/h13-15,17-18,27-31,33-38,41,57-58H,12,16,19-26H2,1-11H3,(H2,49,59)(H,50,63)(H,51,62)(H,52,61)(H,53,60). The van der Waals surface area contributed by atoms with E-state index in [1.165, 1.54) is 44.9 Å². The van der Waals surface area contributed by atoms with Gasteiger partial charge in [-0.2, -0.15) is 0 Å². The Morgan fingerprint density at radius 3 is 1.94 bits per heavy atom. The molecule has 20 nitrogen and oxygen atoms in total. The second kappa shape index (κ2) is 28.0. The third-order valence-corrected chi connectivity index (χ3v) is 12.3. The van der Waals surface area contributed by atoms with Crippen LogP contribution in [0, 0.1) is 17.8 Å². The van der Waals surface area contributed by atoms with Gasteiger partial charge in [-0.15, -0.1) is 0 Å². The second-order valence-corrected chi connectivity index (χ2v) is 18.9. The zero-order valence-electron chi connectivity index (χ0n) is 41.8. The molecule has 68 heavy (non-hydrogen) atoms. The molecule has 10 unspecified atom stereocenters. The molecule has 1 heterocycles. The molecule has 1 aliphatic heterocycles. The topological polar surface area (TPSA) is 287 Å². The normalized spacial score (nSPS) is 17.6. The summed E-state index contributed by atoms with van der Waals surface area (Å²) in [6.07, 6.45) is -2.05. The van der Waals surface area contributed by atoms with Crippen molar-refractivity contribution in [3.8, 4) is 0 Å². The van der Waals surface area contributed by atoms with E-state index in [9.17, 15) is 53.4 Å². The first-order chi connectivity index (χ1) is 31.8. The van der Waals surface area contributed by atoms with Crippen molar-refractivity contribution in [3.63, 3.8) is 0 Å². The van der Waals surface area contributed by atoms with Crippen LogP contribution in [0.5, 0.6) is 0 Å². The highest BCUT2D eigenvalue weighted by Gasteiger charge is 2.42. The van der Waals surface area contributed by atoms with Crippen molar-refractivity contribution in [3.05, 3.63) is 35.9 Å². The van der Waals surface area contributed by atoms with Crippen molar-refractivity contribution in [2.45, 2.75) is 168 Å². The first-order valence-corrected chi connectivity index (χ1v) is 23.6. The van der Waals surface area contributed by atoms with Crippen LogP contribution in [0.25, 0.3) is 0 Å². The number of carbonyl (C=O) groups excluding carboxylic acids is 9. The number of aliphatic hydroxyl groups excluding tert-OH is 2. The highest BCUT2D eigenvalue weighted by Crippen LogP contribution is 2.23. The van der Waals surface area contributed by atoms with E-state index in [2.05, 4.69) is 21.3 Å². The van der Waals surface area contributed by atoms with E-state index < -0.39 is 120 Å². The van der Waals surface area contributed by atoms with E-state index in [0.29, 0.717) is 25.8 Å². The fourth-order valence-electron chi connectivity index (χ4n) is 8.18. The summed E-state index contributed by atoms with van der Waals surface area (Å²) >= 11 is 0. The van der Waals surface area contributed by atoms with Gasteiger partial charge in [-0.3, -0.25) is 38.4 Å². The summed E-state index contributed by atoms with van der Waals surface area (Å²) in [6.45, 7) is 13.9. The molecule has 0 radical (unpaired) electrons. The number of ether oxygens (including phenoxy) is 1. The maximum absolute atomic E-state index is 14.1. The summed E-state index contributed by atoms with van der Waals surface area (Å²) in [6, 6.07) is 1.44. The average molecular weight is 959 g/mol. The van der Waals surface area contributed by atoms with E-state index in [1.54, 1.807) is 19.1 Å². The Kier molecular flexibility index (Phi) is 24.1. The van der Waals surface area contributed by atoms with E-state index in [-0.39, 0.29) is 43.9 Å². The summed E-state index contributed by atoms with van der Waals surface area (Å²) in [5, 5.41) is 32.0. The average Bonchev–Trinajstić information content (AvgIpc) is 3.78. The molecule has 382 valence electrons. The fourth-order valence-corrected chi connectivity index (χ4v) is 8.18. The molecule has 0 saturated carbocycles. The van der Waals surface area contributed by atoms with Crippen molar-refractivity contribution < 1.29 is 58.1 Å². The van der Waals surface area contributed by atoms with Gasteiger partial charge in [0.15, 0.2) is 0 Å². The van der Waals surface area contributed by atoms with E-state index in [4.69, 9.17) is 10.5 Å². The monoisotopic (exact) mass is 959 g/mol. The minimum absolute atomic E-state index is 0.0793. The molecular formula is C48H78N8O12. The number of likely N-dealkylation sites (tertiary alicyclic amines) is 1. The molecule has 10 atom stereocenters. The van der Waals surface area contributed by atoms with Gasteiger partial charge in [-0.05, 0) is 69.3 Å². The second-order valence-electron chi connectivity index (χ2n) is 18.9. The number of primary amides is 1. The minimum Gasteiger partial charge on any atom is -0.467 e. The van der Waals surface area contributed by atoms with Gasteiger partial charge in [0, 0.05) is 33.5 Å². The number of aliphatic hydroxyl groups is 2. The van der Waals surface area contributed by atoms with Gasteiger partial charge in [0.05, 0.1) is 25.7 Å². The van der Waals surface area contributed by atoms with Gasteiger partial charge in [0.25, 0.3) is 0 Å². The lowest BCUT2D eigenvalue weighted by Gasteiger charge is -2.34. The highest BCUT2D eigenvalue weighted by atomic mass is 16.5. The molecule has 1 aromatic rings. The van der Waals surface area contributed by atoms with Crippen LogP contribution >= 0.6 is 0 Å². The molecule has 8 N–H and O–H groups in total. The third kappa shape index (κ3) is 17.8. The molecule has 0 aliphatic carbocycles. The number of rotatable bonds is 27. The van der Waals surface area contributed by atoms with Gasteiger partial charge in [0.2, 0.25) is 47.3 Å². The molecular weight excluding hydrogens is 881 g/mol. The molecule has 0 spiro atoms. The van der Waals surface area contributed by atoms with Gasteiger partial charge < -0.3 is 56.7 Å². The van der Waals surface area contributed by atoms with Crippen LogP contribution in [0.1, 0.15) is 112 Å². The molecule has 2 rings (SSSR count). The number of benzene rings is 1. The number of carbonyl (C=O) groups is 9. The van der Waals surface area contributed by atoms with Crippen LogP contribution in [-0.2, 0) is 54.3 Å². The van der Waals surface area contributed by atoms with Crippen LogP contribution in [0.2, 0.25) is 0 Å². The minimum atomic E-state index is -1.50. The van der Waals surface area contributed by atoms with Crippen LogP contribution in [0.15, 0.2) is 30.3 Å². The third-order valence-electron chi connectivity index (χ3n) is 12.3.